The fourth-order valence-corrected chi connectivity index (χ4v) is 1.47. The van der Waals surface area contributed by atoms with Crippen molar-refractivity contribution in [1.82, 2.24) is 0 Å². The van der Waals surface area contributed by atoms with Crippen molar-refractivity contribution < 1.29 is 4.39 Å². The second kappa shape index (κ2) is 4.78. The zero-order valence-corrected chi connectivity index (χ0v) is 7.27. The van der Waals surface area contributed by atoms with Gasteiger partial charge < -0.3 is 0 Å². The quantitative estimate of drug-likeness (QED) is 0.669. The van der Waals surface area contributed by atoms with Crippen molar-refractivity contribution in [2.75, 3.05) is 5.75 Å². The summed E-state index contributed by atoms with van der Waals surface area (Å²) < 4.78 is 12.9. The molecule has 1 rings (SSSR count). The minimum atomic E-state index is -0.192. The van der Waals surface area contributed by atoms with Gasteiger partial charge in [-0.05, 0) is 11.6 Å². The third kappa shape index (κ3) is 2.55. The normalized spacial score (nSPS) is 9.33. The van der Waals surface area contributed by atoms with Gasteiger partial charge in [0.15, 0.2) is 0 Å². The molecule has 0 heterocycles. The Bertz CT molecular complexity index is 293. The third-order valence-electron chi connectivity index (χ3n) is 1.38. The molecule has 3 heteroatoms. The van der Waals surface area contributed by atoms with Crippen LogP contribution in [0.5, 0.6) is 0 Å². The Kier molecular flexibility index (Phi) is 3.62. The van der Waals surface area contributed by atoms with Crippen LogP contribution in [0.1, 0.15) is 5.56 Å². The molecule has 12 heavy (non-hydrogen) atoms. The summed E-state index contributed by atoms with van der Waals surface area (Å²) in [5.74, 6) is 0.789. The summed E-state index contributed by atoms with van der Waals surface area (Å²) in [4.78, 5) is 0. The van der Waals surface area contributed by atoms with E-state index in [1.165, 1.54) is 17.8 Å². The van der Waals surface area contributed by atoms with Crippen molar-refractivity contribution in [2.45, 2.75) is 5.75 Å². The summed E-state index contributed by atoms with van der Waals surface area (Å²) in [5.41, 5.74) is 0.665. The van der Waals surface area contributed by atoms with Gasteiger partial charge >= 0.3 is 0 Å². The molecule has 0 fully saturated rings. The number of nitrogens with zero attached hydrogens (tertiary/aromatic N) is 1. The molecule has 0 spiro atoms. The highest BCUT2D eigenvalue weighted by atomic mass is 32.2. The molecule has 1 aromatic carbocycles. The second-order valence-corrected chi connectivity index (χ2v) is 3.23. The average molecular weight is 181 g/mol. The van der Waals surface area contributed by atoms with Crippen LogP contribution < -0.4 is 0 Å². The van der Waals surface area contributed by atoms with Crippen molar-refractivity contribution in [3.8, 4) is 6.07 Å². The van der Waals surface area contributed by atoms with E-state index in [0.717, 1.165) is 0 Å². The van der Waals surface area contributed by atoms with E-state index in [2.05, 4.69) is 0 Å². The van der Waals surface area contributed by atoms with Gasteiger partial charge in [0, 0.05) is 5.75 Å². The van der Waals surface area contributed by atoms with Crippen molar-refractivity contribution in [1.29, 1.82) is 5.26 Å². The van der Waals surface area contributed by atoms with E-state index >= 15 is 0 Å². The summed E-state index contributed by atoms with van der Waals surface area (Å²) in [6, 6.07) is 8.62. The number of halogens is 1. The lowest BCUT2D eigenvalue weighted by atomic mass is 10.2. The van der Waals surface area contributed by atoms with Gasteiger partial charge in [0.2, 0.25) is 0 Å². The van der Waals surface area contributed by atoms with E-state index in [-0.39, 0.29) is 5.82 Å². The molecule has 0 radical (unpaired) electrons. The molecule has 0 atom stereocenters. The summed E-state index contributed by atoms with van der Waals surface area (Å²) in [6.07, 6.45) is 0. The lowest BCUT2D eigenvalue weighted by Gasteiger charge is -1.98. The van der Waals surface area contributed by atoms with E-state index in [1.807, 2.05) is 6.07 Å². The zero-order chi connectivity index (χ0) is 8.81. The summed E-state index contributed by atoms with van der Waals surface area (Å²) in [6.45, 7) is 0. The monoisotopic (exact) mass is 181 g/mol. The van der Waals surface area contributed by atoms with Gasteiger partial charge in [0.1, 0.15) is 5.82 Å². The van der Waals surface area contributed by atoms with Crippen LogP contribution >= 0.6 is 11.8 Å². The Hall–Kier alpha value is -1.01. The van der Waals surface area contributed by atoms with E-state index < -0.39 is 0 Å². The second-order valence-electron chi connectivity index (χ2n) is 2.24. The molecule has 0 aliphatic rings. The van der Waals surface area contributed by atoms with E-state index in [9.17, 15) is 4.39 Å². The maximum absolute atomic E-state index is 12.9. The van der Waals surface area contributed by atoms with Crippen LogP contribution in [0.4, 0.5) is 4.39 Å². The van der Waals surface area contributed by atoms with Gasteiger partial charge in [0.25, 0.3) is 0 Å². The molecule has 0 aliphatic carbocycles. The zero-order valence-electron chi connectivity index (χ0n) is 6.46. The third-order valence-corrected chi connectivity index (χ3v) is 2.23. The first-order valence-electron chi connectivity index (χ1n) is 3.52. The Morgan fingerprint density at radius 3 is 2.83 bits per heavy atom. The standard InChI is InChI=1S/C9H8FNS/c10-9-4-2-1-3-8(9)7-12-6-5-11/h1-4H,6-7H2. The highest BCUT2D eigenvalue weighted by Crippen LogP contribution is 2.14. The van der Waals surface area contributed by atoms with Crippen LogP contribution in [0.15, 0.2) is 24.3 Å². The largest absolute Gasteiger partial charge is 0.207 e. The molecule has 62 valence electrons. The van der Waals surface area contributed by atoms with Gasteiger partial charge in [-0.3, -0.25) is 0 Å². The van der Waals surface area contributed by atoms with Crippen LogP contribution in [0.2, 0.25) is 0 Å². The molecule has 0 saturated carbocycles. The van der Waals surface area contributed by atoms with Crippen LogP contribution in [0.25, 0.3) is 0 Å². The molecule has 0 N–H and O–H groups in total. The molecular weight excluding hydrogens is 173 g/mol. The fraction of sp³-hybridized carbons (Fsp3) is 0.222. The average Bonchev–Trinajstić information content (AvgIpc) is 2.09. The van der Waals surface area contributed by atoms with Crippen LogP contribution in [-0.4, -0.2) is 5.75 Å². The van der Waals surface area contributed by atoms with E-state index in [1.54, 1.807) is 18.2 Å². The molecule has 0 unspecified atom stereocenters. The molecule has 1 nitrogen and oxygen atoms in total. The topological polar surface area (TPSA) is 23.8 Å². The Morgan fingerprint density at radius 1 is 1.42 bits per heavy atom. The first-order valence-corrected chi connectivity index (χ1v) is 4.68. The smallest absolute Gasteiger partial charge is 0.127 e. The minimum Gasteiger partial charge on any atom is -0.207 e. The van der Waals surface area contributed by atoms with Crippen molar-refractivity contribution in [3.63, 3.8) is 0 Å². The lowest BCUT2D eigenvalue weighted by molar-refractivity contribution is 0.617. The summed E-state index contributed by atoms with van der Waals surface area (Å²) in [7, 11) is 0. The predicted octanol–water partition coefficient (Wildman–Crippen LogP) is 2.58. The molecule has 0 saturated heterocycles. The first kappa shape index (κ1) is 9.08. The van der Waals surface area contributed by atoms with Crippen LogP contribution in [0, 0.1) is 17.1 Å². The highest BCUT2D eigenvalue weighted by Gasteiger charge is 1.98. The van der Waals surface area contributed by atoms with Gasteiger partial charge in [-0.25, -0.2) is 4.39 Å². The number of thioether (sulfide) groups is 1. The molecule has 0 amide bonds. The van der Waals surface area contributed by atoms with Gasteiger partial charge in [0.05, 0.1) is 11.8 Å². The number of nitriles is 1. The van der Waals surface area contributed by atoms with Gasteiger partial charge in [-0.1, -0.05) is 18.2 Å². The van der Waals surface area contributed by atoms with E-state index in [0.29, 0.717) is 17.1 Å². The van der Waals surface area contributed by atoms with Gasteiger partial charge in [-0.15, -0.1) is 11.8 Å². The van der Waals surface area contributed by atoms with Gasteiger partial charge in [-0.2, -0.15) is 5.26 Å². The summed E-state index contributed by atoms with van der Waals surface area (Å²) >= 11 is 1.42. The Labute approximate surface area is 75.2 Å². The van der Waals surface area contributed by atoms with Crippen molar-refractivity contribution in [3.05, 3.63) is 35.6 Å². The SMILES string of the molecule is N#CCSCc1ccccc1F. The number of rotatable bonds is 3. The molecule has 1 aromatic rings. The predicted molar refractivity (Wildman–Crippen MR) is 48.2 cm³/mol. The Morgan fingerprint density at radius 2 is 2.17 bits per heavy atom. The lowest BCUT2D eigenvalue weighted by Crippen LogP contribution is -1.86. The fourth-order valence-electron chi connectivity index (χ4n) is 0.822. The molecule has 0 aliphatic heterocycles. The number of hydrogen-bond donors (Lipinski definition) is 0. The molecule has 0 bridgehead atoms. The number of hydrogen-bond acceptors (Lipinski definition) is 2. The van der Waals surface area contributed by atoms with Crippen molar-refractivity contribution in [2.24, 2.45) is 0 Å². The number of benzene rings is 1. The molecule has 0 aromatic heterocycles. The maximum Gasteiger partial charge on any atom is 0.127 e. The van der Waals surface area contributed by atoms with Crippen LogP contribution in [-0.2, 0) is 5.75 Å². The first-order chi connectivity index (χ1) is 5.84. The van der Waals surface area contributed by atoms with Crippen molar-refractivity contribution >= 4 is 11.8 Å². The minimum absolute atomic E-state index is 0.192. The van der Waals surface area contributed by atoms with Crippen LogP contribution in [0.3, 0.4) is 0 Å². The molecular formula is C9H8FNS. The summed E-state index contributed by atoms with van der Waals surface area (Å²) in [5, 5.41) is 8.25. The Balaban J connectivity index is 2.53. The maximum atomic E-state index is 12.9. The highest BCUT2D eigenvalue weighted by molar-refractivity contribution is 7.98. The van der Waals surface area contributed by atoms with E-state index in [4.69, 9.17) is 5.26 Å².